The summed E-state index contributed by atoms with van der Waals surface area (Å²) < 4.78 is 0. The van der Waals surface area contributed by atoms with Crippen molar-refractivity contribution in [3.05, 3.63) is 0 Å². The molecule has 0 amide bonds. The van der Waals surface area contributed by atoms with Crippen molar-refractivity contribution in [3.8, 4) is 0 Å². The molecule has 8 heavy (non-hydrogen) atoms. The summed E-state index contributed by atoms with van der Waals surface area (Å²) in [5.41, 5.74) is 0.509. The molecule has 1 aliphatic rings. The van der Waals surface area contributed by atoms with Gasteiger partial charge in [0, 0.05) is 6.61 Å². The van der Waals surface area contributed by atoms with Gasteiger partial charge in [-0.1, -0.05) is 20.3 Å². The summed E-state index contributed by atoms with van der Waals surface area (Å²) in [7, 11) is 0. The normalized spacial score (nSPS) is 44.6. The summed E-state index contributed by atoms with van der Waals surface area (Å²) in [5, 5.41) is 8.67. The zero-order chi connectivity index (χ0) is 6.20. The summed E-state index contributed by atoms with van der Waals surface area (Å²) >= 11 is 0. The predicted molar refractivity (Wildman–Crippen MR) is 33.6 cm³/mol. The van der Waals surface area contributed by atoms with Gasteiger partial charge >= 0.3 is 0 Å². The Bertz CT molecular complexity index is 90.4. The first-order valence-electron chi connectivity index (χ1n) is 3.34. The molecule has 1 saturated carbocycles. The number of hydrogen-bond acceptors (Lipinski definition) is 1. The molecule has 1 rings (SSSR count). The molecule has 0 aromatic carbocycles. The molecule has 1 fully saturated rings. The first-order chi connectivity index (χ1) is 3.73. The molecule has 0 aliphatic heterocycles. The highest BCUT2D eigenvalue weighted by Gasteiger charge is 2.47. The van der Waals surface area contributed by atoms with Crippen LogP contribution in [0.4, 0.5) is 0 Å². The van der Waals surface area contributed by atoms with Crippen LogP contribution >= 0.6 is 0 Å². The lowest BCUT2D eigenvalue weighted by atomic mass is 10.0. The van der Waals surface area contributed by atoms with E-state index in [4.69, 9.17) is 5.11 Å². The molecule has 0 aromatic heterocycles. The second-order valence-corrected chi connectivity index (χ2v) is 3.09. The van der Waals surface area contributed by atoms with Crippen molar-refractivity contribution in [1.29, 1.82) is 0 Å². The molecule has 0 unspecified atom stereocenters. The lowest BCUT2D eigenvalue weighted by Gasteiger charge is -2.02. The van der Waals surface area contributed by atoms with Crippen LogP contribution in [0.3, 0.4) is 0 Å². The zero-order valence-corrected chi connectivity index (χ0v) is 5.65. The molecular weight excluding hydrogens is 100 g/mol. The average molecular weight is 114 g/mol. The Morgan fingerprint density at radius 3 is 2.50 bits per heavy atom. The molecule has 1 N–H and O–H groups in total. The molecule has 0 spiro atoms. The molecule has 0 bridgehead atoms. The van der Waals surface area contributed by atoms with Crippen LogP contribution in [0.15, 0.2) is 0 Å². The van der Waals surface area contributed by atoms with Gasteiger partial charge in [-0.3, -0.25) is 0 Å². The van der Waals surface area contributed by atoms with Crippen molar-refractivity contribution >= 4 is 0 Å². The van der Waals surface area contributed by atoms with Gasteiger partial charge in [0.15, 0.2) is 0 Å². The highest BCUT2D eigenvalue weighted by molar-refractivity contribution is 4.96. The Labute approximate surface area is 50.7 Å². The molecule has 0 heterocycles. The zero-order valence-electron chi connectivity index (χ0n) is 5.65. The fraction of sp³-hybridized carbons (Fsp3) is 1.00. The molecule has 0 radical (unpaired) electrons. The highest BCUT2D eigenvalue weighted by atomic mass is 16.3. The number of aliphatic hydroxyl groups is 1. The van der Waals surface area contributed by atoms with E-state index < -0.39 is 0 Å². The lowest BCUT2D eigenvalue weighted by molar-refractivity contribution is 0.251. The molecule has 1 nitrogen and oxygen atoms in total. The van der Waals surface area contributed by atoms with Gasteiger partial charge in [-0.2, -0.15) is 0 Å². The maximum Gasteiger partial charge on any atom is 0.0464 e. The Morgan fingerprint density at radius 1 is 1.75 bits per heavy atom. The topological polar surface area (TPSA) is 20.2 Å². The van der Waals surface area contributed by atoms with Crippen LogP contribution in [0.5, 0.6) is 0 Å². The smallest absolute Gasteiger partial charge is 0.0464 e. The maximum atomic E-state index is 8.67. The summed E-state index contributed by atoms with van der Waals surface area (Å²) in [6, 6.07) is 0. The molecular formula is C7H14O. The molecule has 1 aliphatic carbocycles. The van der Waals surface area contributed by atoms with E-state index in [1.54, 1.807) is 0 Å². The van der Waals surface area contributed by atoms with E-state index in [9.17, 15) is 0 Å². The van der Waals surface area contributed by atoms with Crippen LogP contribution in [-0.2, 0) is 0 Å². The Hall–Kier alpha value is -0.0400. The summed E-state index contributed by atoms with van der Waals surface area (Å²) in [4.78, 5) is 0. The van der Waals surface area contributed by atoms with Gasteiger partial charge in [0.1, 0.15) is 0 Å². The number of hydrogen-bond donors (Lipinski definition) is 1. The maximum absolute atomic E-state index is 8.67. The highest BCUT2D eigenvalue weighted by Crippen LogP contribution is 2.54. The van der Waals surface area contributed by atoms with Gasteiger partial charge in [0.05, 0.1) is 0 Å². The van der Waals surface area contributed by atoms with Gasteiger partial charge in [0.2, 0.25) is 0 Å². The Balaban J connectivity index is 2.31. The van der Waals surface area contributed by atoms with Crippen molar-refractivity contribution in [2.45, 2.75) is 26.7 Å². The van der Waals surface area contributed by atoms with Crippen molar-refractivity contribution in [2.75, 3.05) is 6.61 Å². The third kappa shape index (κ3) is 0.752. The fourth-order valence-corrected chi connectivity index (χ4v) is 1.22. The van der Waals surface area contributed by atoms with Gasteiger partial charge in [-0.15, -0.1) is 0 Å². The largest absolute Gasteiger partial charge is 0.396 e. The first-order valence-corrected chi connectivity index (χ1v) is 3.34. The van der Waals surface area contributed by atoms with E-state index in [1.807, 2.05) is 0 Å². The Kier molecular flexibility index (Phi) is 1.31. The molecule has 2 atom stereocenters. The standard InChI is InChI=1S/C7H14O/c1-3-7(2)4-6(7)5-8/h6,8H,3-5H2,1-2H3/t6-,7-/m0/s1. The summed E-state index contributed by atoms with van der Waals surface area (Å²) in [5.74, 6) is 0.618. The minimum absolute atomic E-state index is 0.393. The van der Waals surface area contributed by atoms with Crippen molar-refractivity contribution < 1.29 is 5.11 Å². The van der Waals surface area contributed by atoms with Crippen molar-refractivity contribution in [2.24, 2.45) is 11.3 Å². The third-order valence-electron chi connectivity index (χ3n) is 2.57. The van der Waals surface area contributed by atoms with Crippen molar-refractivity contribution in [1.82, 2.24) is 0 Å². The lowest BCUT2D eigenvalue weighted by Crippen LogP contribution is -1.97. The van der Waals surface area contributed by atoms with Gasteiger partial charge < -0.3 is 5.11 Å². The van der Waals surface area contributed by atoms with E-state index in [0.717, 1.165) is 0 Å². The SMILES string of the molecule is CC[C@@]1(C)C[C@H]1CO. The fourth-order valence-electron chi connectivity index (χ4n) is 1.22. The first kappa shape index (κ1) is 6.09. The predicted octanol–water partition coefficient (Wildman–Crippen LogP) is 1.41. The number of aliphatic hydroxyl groups excluding tert-OH is 1. The third-order valence-corrected chi connectivity index (χ3v) is 2.57. The van der Waals surface area contributed by atoms with E-state index in [0.29, 0.717) is 17.9 Å². The minimum Gasteiger partial charge on any atom is -0.396 e. The van der Waals surface area contributed by atoms with Crippen LogP contribution < -0.4 is 0 Å². The molecule has 0 saturated heterocycles. The van der Waals surface area contributed by atoms with Crippen LogP contribution in [0.1, 0.15) is 26.7 Å². The molecule has 48 valence electrons. The van der Waals surface area contributed by atoms with Gasteiger partial charge in [-0.05, 0) is 17.8 Å². The van der Waals surface area contributed by atoms with Gasteiger partial charge in [-0.25, -0.2) is 0 Å². The average Bonchev–Trinajstić information content (AvgIpc) is 2.44. The molecule has 1 heteroatoms. The van der Waals surface area contributed by atoms with E-state index >= 15 is 0 Å². The van der Waals surface area contributed by atoms with Crippen LogP contribution in [0, 0.1) is 11.3 Å². The monoisotopic (exact) mass is 114 g/mol. The minimum atomic E-state index is 0.393. The second kappa shape index (κ2) is 1.73. The number of rotatable bonds is 2. The van der Waals surface area contributed by atoms with Crippen LogP contribution in [0.25, 0.3) is 0 Å². The quantitative estimate of drug-likeness (QED) is 0.575. The Morgan fingerprint density at radius 2 is 2.38 bits per heavy atom. The van der Waals surface area contributed by atoms with Gasteiger partial charge in [0.25, 0.3) is 0 Å². The summed E-state index contributed by atoms with van der Waals surface area (Å²) in [6.45, 7) is 4.83. The molecule has 0 aromatic rings. The van der Waals surface area contributed by atoms with E-state index in [-0.39, 0.29) is 0 Å². The van der Waals surface area contributed by atoms with Crippen LogP contribution in [0.2, 0.25) is 0 Å². The van der Waals surface area contributed by atoms with Crippen LogP contribution in [-0.4, -0.2) is 11.7 Å². The summed E-state index contributed by atoms with van der Waals surface area (Å²) in [6.07, 6.45) is 2.46. The van der Waals surface area contributed by atoms with E-state index in [1.165, 1.54) is 12.8 Å². The van der Waals surface area contributed by atoms with E-state index in [2.05, 4.69) is 13.8 Å². The van der Waals surface area contributed by atoms with Crippen molar-refractivity contribution in [3.63, 3.8) is 0 Å². The second-order valence-electron chi connectivity index (χ2n) is 3.09.